The van der Waals surface area contributed by atoms with Gasteiger partial charge in [0.05, 0.1) is 15.9 Å². The lowest BCUT2D eigenvalue weighted by atomic mass is 10.1. The third kappa shape index (κ3) is 2.65. The van der Waals surface area contributed by atoms with E-state index in [4.69, 9.17) is 5.11 Å². The average Bonchev–Trinajstić information content (AvgIpc) is 2.32. The van der Waals surface area contributed by atoms with E-state index in [2.05, 4.69) is 0 Å². The van der Waals surface area contributed by atoms with Gasteiger partial charge >= 0.3 is 5.51 Å². The Hall–Kier alpha value is -1.88. The van der Waals surface area contributed by atoms with E-state index in [0.29, 0.717) is 12.1 Å². The number of β-amino-alcohol motifs (C(OH)–C–C–N with tert-alkyl or cyclic N) is 1. The van der Waals surface area contributed by atoms with Crippen LogP contribution < -0.4 is 4.90 Å². The quantitative estimate of drug-likeness (QED) is 0.659. The Balaban J connectivity index is 2.49. The number of hydrogen-bond donors (Lipinski definition) is 1. The molecule has 0 aromatic heterocycles. The van der Waals surface area contributed by atoms with E-state index in [1.54, 1.807) is 0 Å². The summed E-state index contributed by atoms with van der Waals surface area (Å²) in [5.74, 6) is 0. The Morgan fingerprint density at radius 2 is 1.90 bits per heavy atom. The summed E-state index contributed by atoms with van der Waals surface area (Å²) >= 11 is 0. The number of aliphatic hydroxyl groups is 1. The van der Waals surface area contributed by atoms with E-state index in [1.165, 1.54) is 4.90 Å². The molecule has 0 aliphatic carbocycles. The lowest BCUT2D eigenvalue weighted by molar-refractivity contribution is -0.384. The normalized spacial score (nSPS) is 16.7. The van der Waals surface area contributed by atoms with Crippen molar-refractivity contribution < 1.29 is 31.6 Å². The number of sulfone groups is 1. The maximum Gasteiger partial charge on any atom is 0.501 e. The predicted molar refractivity (Wildman–Crippen MR) is 64.6 cm³/mol. The van der Waals surface area contributed by atoms with Gasteiger partial charge in [0, 0.05) is 19.2 Å². The number of nitrogens with zero attached hydrogens (tertiary/aromatic N) is 2. The van der Waals surface area contributed by atoms with Crippen molar-refractivity contribution in [2.75, 3.05) is 18.0 Å². The average molecular weight is 326 g/mol. The first-order valence-electron chi connectivity index (χ1n) is 5.57. The number of nitro groups is 1. The monoisotopic (exact) mass is 326 g/mol. The van der Waals surface area contributed by atoms with Gasteiger partial charge in [0.2, 0.25) is 0 Å². The van der Waals surface area contributed by atoms with Crippen molar-refractivity contribution in [3.05, 3.63) is 28.3 Å². The van der Waals surface area contributed by atoms with E-state index in [-0.39, 0.29) is 18.8 Å². The Bertz CT molecular complexity index is 682. The standard InChI is InChI=1S/C10H9F3N2O5S/c11-10(12,13)21(19,20)7-1-2-8(9(3-7)15(17)18)14-4-6(16)5-14/h1-3,6,16H,4-5H2. The lowest BCUT2D eigenvalue weighted by Gasteiger charge is -2.37. The number of halogens is 3. The minimum absolute atomic E-state index is 0.0357. The maximum atomic E-state index is 12.4. The smallest absolute Gasteiger partial charge is 0.389 e. The molecule has 1 fully saturated rings. The summed E-state index contributed by atoms with van der Waals surface area (Å²) in [6.45, 7) is 0.179. The van der Waals surface area contributed by atoms with Gasteiger partial charge in [-0.05, 0) is 12.1 Å². The van der Waals surface area contributed by atoms with Gasteiger partial charge in [-0.3, -0.25) is 10.1 Å². The van der Waals surface area contributed by atoms with Crippen molar-refractivity contribution in [2.24, 2.45) is 0 Å². The molecule has 116 valence electrons. The fraction of sp³-hybridized carbons (Fsp3) is 0.400. The maximum absolute atomic E-state index is 12.4. The molecule has 1 N–H and O–H groups in total. The molecule has 1 saturated heterocycles. The van der Waals surface area contributed by atoms with E-state index >= 15 is 0 Å². The molecule has 0 amide bonds. The van der Waals surface area contributed by atoms with E-state index in [1.807, 2.05) is 0 Å². The summed E-state index contributed by atoms with van der Waals surface area (Å²) < 4.78 is 59.8. The lowest BCUT2D eigenvalue weighted by Crippen LogP contribution is -2.51. The molecule has 1 aliphatic heterocycles. The zero-order valence-electron chi connectivity index (χ0n) is 10.2. The molecule has 1 aliphatic rings. The number of anilines is 1. The minimum atomic E-state index is -5.65. The fourth-order valence-corrected chi connectivity index (χ4v) is 2.65. The van der Waals surface area contributed by atoms with E-state index in [0.717, 1.165) is 6.07 Å². The zero-order chi connectivity index (χ0) is 16.0. The van der Waals surface area contributed by atoms with Crippen LogP contribution in [0.2, 0.25) is 0 Å². The molecule has 1 aromatic rings. The van der Waals surface area contributed by atoms with Gasteiger partial charge in [0.25, 0.3) is 15.5 Å². The number of aliphatic hydroxyl groups excluding tert-OH is 1. The number of rotatable bonds is 3. The Morgan fingerprint density at radius 1 is 1.33 bits per heavy atom. The second kappa shape index (κ2) is 4.84. The Morgan fingerprint density at radius 3 is 2.33 bits per heavy atom. The highest BCUT2D eigenvalue weighted by Crippen LogP contribution is 2.37. The van der Waals surface area contributed by atoms with E-state index < -0.39 is 37.0 Å². The Kier molecular flexibility index (Phi) is 3.58. The van der Waals surface area contributed by atoms with E-state index in [9.17, 15) is 31.7 Å². The number of benzene rings is 1. The summed E-state index contributed by atoms with van der Waals surface area (Å²) in [5.41, 5.74) is -6.33. The molecule has 11 heteroatoms. The van der Waals surface area contributed by atoms with Crippen molar-refractivity contribution in [1.29, 1.82) is 0 Å². The van der Waals surface area contributed by atoms with Crippen molar-refractivity contribution >= 4 is 21.2 Å². The van der Waals surface area contributed by atoms with Crippen LogP contribution in [0.25, 0.3) is 0 Å². The molecule has 0 bridgehead atoms. The molecule has 1 aromatic carbocycles. The first kappa shape index (κ1) is 15.5. The highest BCUT2D eigenvalue weighted by atomic mass is 32.2. The molecule has 7 nitrogen and oxygen atoms in total. The summed E-state index contributed by atoms with van der Waals surface area (Å²) in [4.78, 5) is 10.1. The molecule has 1 heterocycles. The van der Waals surface area contributed by atoms with Crippen molar-refractivity contribution in [3.63, 3.8) is 0 Å². The topological polar surface area (TPSA) is 101 Å². The van der Waals surface area contributed by atoms with Crippen molar-refractivity contribution in [2.45, 2.75) is 16.5 Å². The molecule has 0 saturated carbocycles. The van der Waals surface area contributed by atoms with Gasteiger partial charge in [0.1, 0.15) is 5.69 Å². The molecule has 0 unspecified atom stereocenters. The first-order valence-corrected chi connectivity index (χ1v) is 7.05. The van der Waals surface area contributed by atoms with Crippen molar-refractivity contribution in [1.82, 2.24) is 0 Å². The summed E-state index contributed by atoms with van der Waals surface area (Å²) in [6, 6.07) is 1.97. The van der Waals surface area contributed by atoms with Gasteiger partial charge in [-0.2, -0.15) is 13.2 Å². The summed E-state index contributed by atoms with van der Waals surface area (Å²) in [6.07, 6.45) is -0.678. The molecular formula is C10H9F3N2O5S. The molecule has 0 spiro atoms. The summed E-state index contributed by atoms with van der Waals surface area (Å²) in [5, 5.41) is 20.1. The van der Waals surface area contributed by atoms with Gasteiger partial charge in [-0.25, -0.2) is 8.42 Å². The summed E-state index contributed by atoms with van der Waals surface area (Å²) in [7, 11) is -5.65. The largest absolute Gasteiger partial charge is 0.501 e. The first-order chi connectivity index (χ1) is 9.54. The third-order valence-electron chi connectivity index (χ3n) is 2.96. The highest BCUT2D eigenvalue weighted by Gasteiger charge is 2.47. The third-order valence-corrected chi connectivity index (χ3v) is 4.45. The molecule has 0 atom stereocenters. The van der Waals surface area contributed by atoms with Crippen LogP contribution >= 0.6 is 0 Å². The Labute approximate surface area is 116 Å². The van der Waals surface area contributed by atoms with Gasteiger partial charge < -0.3 is 10.0 Å². The van der Waals surface area contributed by atoms with Crippen LogP contribution in [0.1, 0.15) is 0 Å². The van der Waals surface area contributed by atoms with Gasteiger partial charge in [-0.1, -0.05) is 0 Å². The SMILES string of the molecule is O=[N+]([O-])c1cc(S(=O)(=O)C(F)(F)F)ccc1N1CC(O)C1. The van der Waals surface area contributed by atoms with Crippen LogP contribution in [0, 0.1) is 10.1 Å². The molecule has 2 rings (SSSR count). The van der Waals surface area contributed by atoms with Crippen LogP contribution in [0.3, 0.4) is 0 Å². The van der Waals surface area contributed by atoms with Gasteiger partial charge in [0.15, 0.2) is 0 Å². The molecule has 0 radical (unpaired) electrons. The van der Waals surface area contributed by atoms with Crippen LogP contribution in [0.5, 0.6) is 0 Å². The second-order valence-corrected chi connectivity index (χ2v) is 6.36. The number of alkyl halides is 3. The molecular weight excluding hydrogens is 317 g/mol. The zero-order valence-corrected chi connectivity index (χ0v) is 11.1. The van der Waals surface area contributed by atoms with Crippen LogP contribution in [0.15, 0.2) is 23.1 Å². The van der Waals surface area contributed by atoms with Crippen LogP contribution in [-0.4, -0.2) is 43.1 Å². The highest BCUT2D eigenvalue weighted by molar-refractivity contribution is 7.92. The van der Waals surface area contributed by atoms with Gasteiger partial charge in [-0.15, -0.1) is 0 Å². The number of nitro benzene ring substituents is 1. The predicted octanol–water partition coefficient (Wildman–Crippen LogP) is 1.07. The second-order valence-electron chi connectivity index (χ2n) is 4.42. The van der Waals surface area contributed by atoms with Crippen LogP contribution in [-0.2, 0) is 9.84 Å². The molecule has 21 heavy (non-hydrogen) atoms. The van der Waals surface area contributed by atoms with Crippen molar-refractivity contribution in [3.8, 4) is 0 Å². The minimum Gasteiger partial charge on any atom is -0.389 e. The van der Waals surface area contributed by atoms with Crippen LogP contribution in [0.4, 0.5) is 24.5 Å². The fourth-order valence-electron chi connectivity index (χ4n) is 1.87. The number of hydrogen-bond acceptors (Lipinski definition) is 6.